The Morgan fingerprint density at radius 1 is 1.26 bits per heavy atom. The first kappa shape index (κ1) is 15.5. The van der Waals surface area contributed by atoms with E-state index in [2.05, 4.69) is 5.32 Å². The molecular weight excluding hydrogens is 294 g/mol. The van der Waals surface area contributed by atoms with Crippen LogP contribution in [0.25, 0.3) is 10.8 Å². The highest BCUT2D eigenvalue weighted by Crippen LogP contribution is 2.32. The molecule has 2 N–H and O–H groups in total. The minimum atomic E-state index is -1.01. The molecule has 1 aliphatic carbocycles. The summed E-state index contributed by atoms with van der Waals surface area (Å²) >= 11 is 0. The van der Waals surface area contributed by atoms with Gasteiger partial charge in [-0.25, -0.2) is 4.79 Å². The van der Waals surface area contributed by atoms with Crippen LogP contribution in [0.5, 0.6) is 0 Å². The number of carbonyl (C=O) groups excluding carboxylic acids is 1. The number of anilines is 1. The molecule has 5 heteroatoms. The standard InChI is InChI=1S/C18H19NO4/c1-23-16(11-6-4-7-11)17(20)19-13-9-12-5-2-3-8-14(12)15(10-13)18(21)22/h2-3,5,8-11,16H,4,6-7H2,1H3,(H,19,20)(H,21,22). The van der Waals surface area contributed by atoms with Crippen molar-refractivity contribution >= 4 is 28.3 Å². The third-order valence-corrected chi connectivity index (χ3v) is 4.45. The van der Waals surface area contributed by atoms with Gasteiger partial charge in [-0.3, -0.25) is 4.79 Å². The van der Waals surface area contributed by atoms with Crippen LogP contribution in [0.3, 0.4) is 0 Å². The number of aromatic carboxylic acids is 1. The Bertz CT molecular complexity index is 752. The van der Waals surface area contributed by atoms with E-state index in [0.29, 0.717) is 11.1 Å². The average Bonchev–Trinajstić information content (AvgIpc) is 2.49. The van der Waals surface area contributed by atoms with Gasteiger partial charge in [-0.05, 0) is 41.7 Å². The minimum Gasteiger partial charge on any atom is -0.478 e. The summed E-state index contributed by atoms with van der Waals surface area (Å²) in [5, 5.41) is 13.6. The Labute approximate surface area is 134 Å². The van der Waals surface area contributed by atoms with Crippen LogP contribution < -0.4 is 5.32 Å². The molecule has 1 amide bonds. The van der Waals surface area contributed by atoms with Crippen molar-refractivity contribution in [3.05, 3.63) is 42.0 Å². The average molecular weight is 313 g/mol. The molecule has 5 nitrogen and oxygen atoms in total. The summed E-state index contributed by atoms with van der Waals surface area (Å²) < 4.78 is 5.33. The Morgan fingerprint density at radius 3 is 2.61 bits per heavy atom. The monoisotopic (exact) mass is 313 g/mol. The number of carboxylic acids is 1. The van der Waals surface area contributed by atoms with Gasteiger partial charge >= 0.3 is 5.97 Å². The highest BCUT2D eigenvalue weighted by molar-refractivity contribution is 6.07. The van der Waals surface area contributed by atoms with Crippen molar-refractivity contribution in [1.29, 1.82) is 0 Å². The molecule has 23 heavy (non-hydrogen) atoms. The molecule has 2 aromatic carbocycles. The maximum atomic E-state index is 12.4. The van der Waals surface area contributed by atoms with E-state index in [0.717, 1.165) is 24.6 Å². The van der Waals surface area contributed by atoms with E-state index in [9.17, 15) is 14.7 Å². The van der Waals surface area contributed by atoms with E-state index in [1.54, 1.807) is 18.2 Å². The number of fused-ring (bicyclic) bond motifs is 1. The van der Waals surface area contributed by atoms with E-state index >= 15 is 0 Å². The van der Waals surface area contributed by atoms with E-state index in [-0.39, 0.29) is 17.4 Å². The van der Waals surface area contributed by atoms with E-state index in [1.165, 1.54) is 13.2 Å². The van der Waals surface area contributed by atoms with Crippen LogP contribution in [0.1, 0.15) is 29.6 Å². The number of ether oxygens (including phenoxy) is 1. The fourth-order valence-corrected chi connectivity index (χ4v) is 3.03. The molecule has 0 spiro atoms. The second-order valence-electron chi connectivity index (χ2n) is 5.89. The number of hydrogen-bond donors (Lipinski definition) is 2. The summed E-state index contributed by atoms with van der Waals surface area (Å²) in [6.07, 6.45) is 2.62. The summed E-state index contributed by atoms with van der Waals surface area (Å²) in [4.78, 5) is 23.9. The van der Waals surface area contributed by atoms with Gasteiger partial charge in [0, 0.05) is 12.8 Å². The van der Waals surface area contributed by atoms with Crippen molar-refractivity contribution in [3.63, 3.8) is 0 Å². The van der Waals surface area contributed by atoms with Crippen LogP contribution in [0.15, 0.2) is 36.4 Å². The number of methoxy groups -OCH3 is 1. The topological polar surface area (TPSA) is 75.6 Å². The lowest BCUT2D eigenvalue weighted by Gasteiger charge is -2.31. The summed E-state index contributed by atoms with van der Waals surface area (Å²) in [6, 6.07) is 10.5. The summed E-state index contributed by atoms with van der Waals surface area (Å²) in [5.74, 6) is -0.984. The quantitative estimate of drug-likeness (QED) is 0.888. The van der Waals surface area contributed by atoms with Gasteiger partial charge in [0.1, 0.15) is 6.10 Å². The fourth-order valence-electron chi connectivity index (χ4n) is 3.03. The SMILES string of the molecule is COC(C(=O)Nc1cc(C(=O)O)c2ccccc2c1)C1CCC1. The largest absolute Gasteiger partial charge is 0.478 e. The molecule has 3 rings (SSSR count). The highest BCUT2D eigenvalue weighted by atomic mass is 16.5. The van der Waals surface area contributed by atoms with Gasteiger partial charge in [-0.15, -0.1) is 0 Å². The van der Waals surface area contributed by atoms with Gasteiger partial charge in [0.2, 0.25) is 0 Å². The number of nitrogens with one attached hydrogen (secondary N) is 1. The predicted molar refractivity (Wildman–Crippen MR) is 87.7 cm³/mol. The molecular formula is C18H19NO4. The molecule has 0 bridgehead atoms. The van der Waals surface area contributed by atoms with Crippen molar-refractivity contribution in [2.45, 2.75) is 25.4 Å². The lowest BCUT2D eigenvalue weighted by Crippen LogP contribution is -2.39. The van der Waals surface area contributed by atoms with Crippen LogP contribution in [-0.4, -0.2) is 30.2 Å². The number of benzene rings is 2. The van der Waals surface area contributed by atoms with Gasteiger partial charge < -0.3 is 15.2 Å². The molecule has 1 aliphatic rings. The van der Waals surface area contributed by atoms with Gasteiger partial charge in [0.05, 0.1) is 5.56 Å². The number of carbonyl (C=O) groups is 2. The second-order valence-corrected chi connectivity index (χ2v) is 5.89. The first-order valence-corrected chi connectivity index (χ1v) is 7.70. The zero-order chi connectivity index (χ0) is 16.4. The molecule has 1 saturated carbocycles. The van der Waals surface area contributed by atoms with Crippen LogP contribution in [0, 0.1) is 5.92 Å². The van der Waals surface area contributed by atoms with E-state index in [1.807, 2.05) is 12.1 Å². The number of amides is 1. The molecule has 120 valence electrons. The molecule has 0 aromatic heterocycles. The maximum Gasteiger partial charge on any atom is 0.336 e. The lowest BCUT2D eigenvalue weighted by molar-refractivity contribution is -0.130. The molecule has 1 atom stereocenters. The molecule has 2 aromatic rings. The maximum absolute atomic E-state index is 12.4. The van der Waals surface area contributed by atoms with E-state index < -0.39 is 12.1 Å². The fraction of sp³-hybridized carbons (Fsp3) is 0.333. The first-order valence-electron chi connectivity index (χ1n) is 7.70. The smallest absolute Gasteiger partial charge is 0.336 e. The zero-order valence-corrected chi connectivity index (χ0v) is 12.9. The van der Waals surface area contributed by atoms with Gasteiger partial charge in [-0.1, -0.05) is 30.7 Å². The van der Waals surface area contributed by atoms with Crippen molar-refractivity contribution in [2.24, 2.45) is 5.92 Å². The van der Waals surface area contributed by atoms with Crippen molar-refractivity contribution in [2.75, 3.05) is 12.4 Å². The first-order chi connectivity index (χ1) is 11.1. The second kappa shape index (κ2) is 6.38. The van der Waals surface area contributed by atoms with Crippen molar-refractivity contribution in [3.8, 4) is 0 Å². The van der Waals surface area contributed by atoms with Crippen molar-refractivity contribution < 1.29 is 19.4 Å². The predicted octanol–water partition coefficient (Wildman–Crippen LogP) is 3.29. The molecule has 0 heterocycles. The Kier molecular flexibility index (Phi) is 4.30. The van der Waals surface area contributed by atoms with Crippen LogP contribution in [0.4, 0.5) is 5.69 Å². The highest BCUT2D eigenvalue weighted by Gasteiger charge is 2.32. The molecule has 0 aliphatic heterocycles. The third kappa shape index (κ3) is 3.05. The Balaban J connectivity index is 1.90. The van der Waals surface area contributed by atoms with Crippen LogP contribution in [0.2, 0.25) is 0 Å². The summed E-state index contributed by atoms with van der Waals surface area (Å²) in [6.45, 7) is 0. The minimum absolute atomic E-state index is 0.177. The molecule has 0 radical (unpaired) electrons. The number of rotatable bonds is 5. The zero-order valence-electron chi connectivity index (χ0n) is 12.9. The summed E-state index contributed by atoms with van der Waals surface area (Å²) in [7, 11) is 1.53. The van der Waals surface area contributed by atoms with Crippen LogP contribution >= 0.6 is 0 Å². The van der Waals surface area contributed by atoms with Crippen LogP contribution in [-0.2, 0) is 9.53 Å². The van der Waals surface area contributed by atoms with Gasteiger partial charge in [0.25, 0.3) is 5.91 Å². The van der Waals surface area contributed by atoms with Crippen molar-refractivity contribution in [1.82, 2.24) is 0 Å². The lowest BCUT2D eigenvalue weighted by atomic mass is 9.80. The Hall–Kier alpha value is -2.40. The molecule has 1 fully saturated rings. The van der Waals surface area contributed by atoms with E-state index in [4.69, 9.17) is 4.74 Å². The molecule has 1 unspecified atom stereocenters. The number of carboxylic acid groups (broad SMARTS) is 1. The van der Waals surface area contributed by atoms with Gasteiger partial charge in [-0.2, -0.15) is 0 Å². The molecule has 0 saturated heterocycles. The number of hydrogen-bond acceptors (Lipinski definition) is 3. The normalized spacial score (nSPS) is 15.9. The third-order valence-electron chi connectivity index (χ3n) is 4.45. The van der Waals surface area contributed by atoms with Gasteiger partial charge in [0.15, 0.2) is 0 Å². The Morgan fingerprint density at radius 2 is 2.00 bits per heavy atom. The summed E-state index contributed by atoms with van der Waals surface area (Å²) in [5.41, 5.74) is 0.656.